The van der Waals surface area contributed by atoms with Crippen molar-refractivity contribution in [2.24, 2.45) is 17.3 Å². The third kappa shape index (κ3) is 5.21. The Bertz CT molecular complexity index is 557. The highest BCUT2D eigenvalue weighted by molar-refractivity contribution is 5.88. The Morgan fingerprint density at radius 3 is 2.30 bits per heavy atom. The molecule has 7 heteroatoms. The summed E-state index contributed by atoms with van der Waals surface area (Å²) in [6.07, 6.45) is 2.54. The van der Waals surface area contributed by atoms with Crippen molar-refractivity contribution in [3.05, 3.63) is 0 Å². The largest absolute Gasteiger partial charge is 0.375 e. The van der Waals surface area contributed by atoms with Gasteiger partial charge in [0, 0.05) is 45.1 Å². The highest BCUT2D eigenvalue weighted by Crippen LogP contribution is 2.40. The van der Waals surface area contributed by atoms with Crippen LogP contribution < -0.4 is 5.32 Å². The lowest BCUT2D eigenvalue weighted by Gasteiger charge is -2.48. The van der Waals surface area contributed by atoms with Crippen molar-refractivity contribution in [1.29, 1.82) is 0 Å². The van der Waals surface area contributed by atoms with E-state index in [1.165, 1.54) is 7.11 Å². The van der Waals surface area contributed by atoms with Gasteiger partial charge < -0.3 is 19.9 Å². The molecule has 27 heavy (non-hydrogen) atoms. The van der Waals surface area contributed by atoms with Crippen molar-refractivity contribution >= 4 is 17.7 Å². The van der Waals surface area contributed by atoms with Gasteiger partial charge >= 0.3 is 0 Å². The standard InChI is InChI=1S/C20H35N3O4/c1-6-15(4)9-17(25)23-12-20(13-23)7-8-22(11-20)19(26)18(14(2)3)21-16(24)10-27-5/h14-15,18H,6-13H2,1-5H3,(H,21,24)/t15?,18-/m0/s1. The van der Waals surface area contributed by atoms with Crippen molar-refractivity contribution in [2.45, 2.75) is 53.0 Å². The van der Waals surface area contributed by atoms with Gasteiger partial charge in [-0.15, -0.1) is 0 Å². The molecule has 2 fully saturated rings. The number of methoxy groups -OCH3 is 1. The van der Waals surface area contributed by atoms with Gasteiger partial charge in [0.1, 0.15) is 12.6 Å². The first-order valence-corrected chi connectivity index (χ1v) is 10.1. The van der Waals surface area contributed by atoms with E-state index in [1.807, 2.05) is 23.6 Å². The van der Waals surface area contributed by atoms with Crippen LogP contribution in [0.25, 0.3) is 0 Å². The molecule has 2 aliphatic heterocycles. The molecule has 1 unspecified atom stereocenters. The minimum absolute atomic E-state index is 0.00449. The summed E-state index contributed by atoms with van der Waals surface area (Å²) in [7, 11) is 1.46. The number of likely N-dealkylation sites (tertiary alicyclic amines) is 2. The maximum atomic E-state index is 12.9. The molecule has 2 saturated heterocycles. The minimum Gasteiger partial charge on any atom is -0.375 e. The lowest BCUT2D eigenvalue weighted by molar-refractivity contribution is -0.145. The summed E-state index contributed by atoms with van der Waals surface area (Å²) in [5, 5.41) is 2.79. The topological polar surface area (TPSA) is 79.0 Å². The number of nitrogens with zero attached hydrogens (tertiary/aromatic N) is 2. The van der Waals surface area contributed by atoms with Gasteiger partial charge in [-0.2, -0.15) is 0 Å². The third-order valence-corrected chi connectivity index (χ3v) is 5.90. The second-order valence-corrected chi connectivity index (χ2v) is 8.70. The van der Waals surface area contributed by atoms with Crippen molar-refractivity contribution in [2.75, 3.05) is 39.9 Å². The van der Waals surface area contributed by atoms with Crippen molar-refractivity contribution < 1.29 is 19.1 Å². The predicted octanol–water partition coefficient (Wildman–Crippen LogP) is 1.27. The summed E-state index contributed by atoms with van der Waals surface area (Å²) in [4.78, 5) is 40.9. The first-order valence-electron chi connectivity index (χ1n) is 10.1. The molecule has 1 spiro atoms. The number of hydrogen-bond donors (Lipinski definition) is 1. The molecule has 0 bridgehead atoms. The Morgan fingerprint density at radius 1 is 1.11 bits per heavy atom. The average molecular weight is 382 g/mol. The van der Waals surface area contributed by atoms with Crippen LogP contribution in [0.2, 0.25) is 0 Å². The van der Waals surface area contributed by atoms with E-state index in [4.69, 9.17) is 4.74 Å². The van der Waals surface area contributed by atoms with Crippen molar-refractivity contribution in [1.82, 2.24) is 15.1 Å². The predicted molar refractivity (Wildman–Crippen MR) is 103 cm³/mol. The lowest BCUT2D eigenvalue weighted by Crippen LogP contribution is -2.60. The molecule has 0 aromatic carbocycles. The van der Waals surface area contributed by atoms with E-state index in [2.05, 4.69) is 19.2 Å². The average Bonchev–Trinajstić information content (AvgIpc) is 3.03. The normalized spacial score (nSPS) is 20.5. The molecule has 0 aromatic heterocycles. The molecule has 0 aliphatic carbocycles. The van der Waals surface area contributed by atoms with Crippen LogP contribution in [0, 0.1) is 17.3 Å². The first kappa shape index (κ1) is 21.7. The molecule has 154 valence electrons. The fourth-order valence-corrected chi connectivity index (χ4v) is 3.95. The molecule has 0 aromatic rings. The molecule has 0 saturated carbocycles. The number of rotatable bonds is 8. The fourth-order valence-electron chi connectivity index (χ4n) is 3.95. The van der Waals surface area contributed by atoms with E-state index in [1.54, 1.807) is 0 Å². The van der Waals surface area contributed by atoms with Crippen LogP contribution in [0.15, 0.2) is 0 Å². The quantitative estimate of drug-likeness (QED) is 0.687. The fraction of sp³-hybridized carbons (Fsp3) is 0.850. The van der Waals surface area contributed by atoms with Gasteiger partial charge in [0.15, 0.2) is 0 Å². The maximum Gasteiger partial charge on any atom is 0.246 e. The van der Waals surface area contributed by atoms with E-state index < -0.39 is 6.04 Å². The van der Waals surface area contributed by atoms with Gasteiger partial charge in [-0.05, 0) is 18.3 Å². The van der Waals surface area contributed by atoms with Gasteiger partial charge in [-0.25, -0.2) is 0 Å². The summed E-state index contributed by atoms with van der Waals surface area (Å²) in [5.41, 5.74) is 0.0405. The third-order valence-electron chi connectivity index (χ3n) is 5.90. The number of nitrogens with one attached hydrogen (secondary N) is 1. The second-order valence-electron chi connectivity index (χ2n) is 8.70. The van der Waals surface area contributed by atoms with E-state index in [-0.39, 0.29) is 35.7 Å². The van der Waals surface area contributed by atoms with Crippen LogP contribution in [0.1, 0.15) is 47.0 Å². The number of carbonyl (C=O) groups is 3. The highest BCUT2D eigenvalue weighted by Gasteiger charge is 2.50. The van der Waals surface area contributed by atoms with Crippen LogP contribution in [0.4, 0.5) is 0 Å². The molecule has 3 amide bonds. The highest BCUT2D eigenvalue weighted by atomic mass is 16.5. The van der Waals surface area contributed by atoms with Gasteiger partial charge in [0.25, 0.3) is 0 Å². The van der Waals surface area contributed by atoms with E-state index in [0.717, 1.165) is 25.9 Å². The molecule has 2 aliphatic rings. The summed E-state index contributed by atoms with van der Waals surface area (Å²) in [6.45, 7) is 10.9. The smallest absolute Gasteiger partial charge is 0.246 e. The lowest BCUT2D eigenvalue weighted by atomic mass is 9.78. The van der Waals surface area contributed by atoms with E-state index >= 15 is 0 Å². The van der Waals surface area contributed by atoms with Crippen LogP contribution in [-0.4, -0.2) is 73.5 Å². The Balaban J connectivity index is 1.88. The molecule has 1 N–H and O–H groups in total. The number of amides is 3. The molecule has 2 atom stereocenters. The van der Waals surface area contributed by atoms with Gasteiger partial charge in [-0.3, -0.25) is 14.4 Å². The summed E-state index contributed by atoms with van der Waals surface area (Å²) < 4.78 is 4.84. The molecular weight excluding hydrogens is 346 g/mol. The number of hydrogen-bond acceptors (Lipinski definition) is 4. The zero-order valence-corrected chi connectivity index (χ0v) is 17.4. The van der Waals surface area contributed by atoms with Crippen molar-refractivity contribution in [3.63, 3.8) is 0 Å². The maximum absolute atomic E-state index is 12.9. The van der Waals surface area contributed by atoms with Crippen LogP contribution in [0.5, 0.6) is 0 Å². The SMILES string of the molecule is CCC(C)CC(=O)N1CC2(CCN(C(=O)[C@@H](NC(=O)COC)C(C)C)C2)C1. The van der Waals surface area contributed by atoms with Crippen LogP contribution in [-0.2, 0) is 19.1 Å². The van der Waals surface area contributed by atoms with Gasteiger partial charge in [0.05, 0.1) is 0 Å². The molecular formula is C20H35N3O4. The Hall–Kier alpha value is -1.63. The number of ether oxygens (including phenoxy) is 1. The van der Waals surface area contributed by atoms with Crippen LogP contribution >= 0.6 is 0 Å². The second kappa shape index (κ2) is 9.04. The minimum atomic E-state index is -0.536. The molecule has 2 rings (SSSR count). The zero-order chi connectivity index (χ0) is 20.2. The van der Waals surface area contributed by atoms with E-state index in [0.29, 0.717) is 25.4 Å². The van der Waals surface area contributed by atoms with Crippen molar-refractivity contribution in [3.8, 4) is 0 Å². The van der Waals surface area contributed by atoms with Gasteiger partial charge in [0.2, 0.25) is 17.7 Å². The zero-order valence-electron chi connectivity index (χ0n) is 17.4. The number of carbonyl (C=O) groups excluding carboxylic acids is 3. The van der Waals surface area contributed by atoms with E-state index in [9.17, 15) is 14.4 Å². The summed E-state index contributed by atoms with van der Waals surface area (Å²) in [5.74, 6) is 0.342. The first-order chi connectivity index (χ1) is 12.7. The van der Waals surface area contributed by atoms with Crippen LogP contribution in [0.3, 0.4) is 0 Å². The monoisotopic (exact) mass is 381 g/mol. The molecule has 2 heterocycles. The Kier molecular flexibility index (Phi) is 7.25. The van der Waals surface area contributed by atoms with Gasteiger partial charge in [-0.1, -0.05) is 34.1 Å². The summed E-state index contributed by atoms with van der Waals surface area (Å²) >= 11 is 0. The molecule has 0 radical (unpaired) electrons. The Morgan fingerprint density at radius 2 is 1.74 bits per heavy atom. The Labute approximate surface area is 162 Å². The summed E-state index contributed by atoms with van der Waals surface area (Å²) in [6, 6.07) is -0.536. The molecule has 7 nitrogen and oxygen atoms in total.